The molecule has 2 nitrogen and oxygen atoms in total. The average Bonchev–Trinajstić information content (AvgIpc) is 2.33. The number of hydrogen-bond acceptors (Lipinski definition) is 1. The van der Waals surface area contributed by atoms with Crippen LogP contribution in [-0.2, 0) is 6.67 Å². The van der Waals surface area contributed by atoms with Crippen LogP contribution in [0.1, 0.15) is 11.3 Å². The molecule has 0 aliphatic heterocycles. The minimum atomic E-state index is -0.601. The van der Waals surface area contributed by atoms with Crippen molar-refractivity contribution in [3.8, 4) is 6.07 Å². The predicted octanol–water partition coefficient (Wildman–Crippen LogP) is 1.36. The third kappa shape index (κ3) is 0.918. The van der Waals surface area contributed by atoms with Crippen molar-refractivity contribution in [3.63, 3.8) is 0 Å². The van der Waals surface area contributed by atoms with Crippen LogP contribution in [0.4, 0.5) is 4.39 Å². The maximum atomic E-state index is 11.8. The van der Waals surface area contributed by atoms with Crippen LogP contribution in [0.2, 0.25) is 0 Å². The Bertz CT molecular complexity index is 233. The molecule has 0 unspecified atom stereocenters. The van der Waals surface area contributed by atoms with Crippen LogP contribution < -0.4 is 0 Å². The summed E-state index contributed by atoms with van der Waals surface area (Å²) in [5, 5.41) is 8.30. The number of aromatic amines is 1. The molecule has 1 aromatic heterocycles. The molecule has 0 amide bonds. The fraction of sp³-hybridized carbons (Fsp3) is 0.167. The van der Waals surface area contributed by atoms with Gasteiger partial charge in [0.05, 0.1) is 11.3 Å². The minimum absolute atomic E-state index is 0.359. The van der Waals surface area contributed by atoms with E-state index in [1.165, 1.54) is 0 Å². The first-order chi connectivity index (χ1) is 4.38. The summed E-state index contributed by atoms with van der Waals surface area (Å²) < 4.78 is 11.8. The standard InChI is InChI=1S/C6H5FN2/c7-3-6-5(4-8)1-2-9-6/h1-2,9H,3H2. The van der Waals surface area contributed by atoms with Crippen LogP contribution in [0, 0.1) is 11.3 Å². The highest BCUT2D eigenvalue weighted by Crippen LogP contribution is 2.04. The lowest BCUT2D eigenvalue weighted by Crippen LogP contribution is -1.80. The summed E-state index contributed by atoms with van der Waals surface area (Å²) in [6.07, 6.45) is 1.55. The number of aromatic nitrogens is 1. The summed E-state index contributed by atoms with van der Waals surface area (Å²) in [6, 6.07) is 3.41. The Morgan fingerprint density at radius 3 is 3.00 bits per heavy atom. The van der Waals surface area contributed by atoms with E-state index in [1.807, 2.05) is 6.07 Å². The second-order valence-electron chi connectivity index (χ2n) is 1.62. The van der Waals surface area contributed by atoms with Crippen molar-refractivity contribution in [3.05, 3.63) is 23.5 Å². The fourth-order valence-corrected chi connectivity index (χ4v) is 0.619. The Morgan fingerprint density at radius 1 is 1.78 bits per heavy atom. The molecule has 46 valence electrons. The SMILES string of the molecule is N#Cc1cc[nH]c1CF. The van der Waals surface area contributed by atoms with Crippen molar-refractivity contribution in [2.45, 2.75) is 6.67 Å². The molecule has 0 saturated heterocycles. The number of nitrogens with zero attached hydrogens (tertiary/aromatic N) is 1. The number of alkyl halides is 1. The van der Waals surface area contributed by atoms with Gasteiger partial charge < -0.3 is 4.98 Å². The van der Waals surface area contributed by atoms with Gasteiger partial charge in [0.2, 0.25) is 0 Å². The normalized spacial score (nSPS) is 8.89. The van der Waals surface area contributed by atoms with Crippen molar-refractivity contribution in [2.24, 2.45) is 0 Å². The number of rotatable bonds is 1. The van der Waals surface area contributed by atoms with Gasteiger partial charge >= 0.3 is 0 Å². The average molecular weight is 124 g/mol. The van der Waals surface area contributed by atoms with Crippen molar-refractivity contribution < 1.29 is 4.39 Å². The lowest BCUT2D eigenvalue weighted by molar-refractivity contribution is 0.477. The van der Waals surface area contributed by atoms with Gasteiger partial charge in [-0.1, -0.05) is 0 Å². The van der Waals surface area contributed by atoms with E-state index in [9.17, 15) is 4.39 Å². The lowest BCUT2D eigenvalue weighted by atomic mass is 10.3. The van der Waals surface area contributed by atoms with E-state index in [0.29, 0.717) is 11.3 Å². The Balaban J connectivity index is 3.02. The van der Waals surface area contributed by atoms with Gasteiger partial charge in [-0.3, -0.25) is 0 Å². The summed E-state index contributed by atoms with van der Waals surface area (Å²) in [5.41, 5.74) is 0.745. The van der Waals surface area contributed by atoms with Gasteiger partial charge in [-0.05, 0) is 6.07 Å². The molecule has 0 atom stereocenters. The first-order valence-corrected chi connectivity index (χ1v) is 2.51. The zero-order chi connectivity index (χ0) is 6.69. The maximum Gasteiger partial charge on any atom is 0.131 e. The van der Waals surface area contributed by atoms with E-state index < -0.39 is 6.67 Å². The summed E-state index contributed by atoms with van der Waals surface area (Å²) in [6.45, 7) is -0.601. The zero-order valence-electron chi connectivity index (χ0n) is 4.69. The summed E-state index contributed by atoms with van der Waals surface area (Å²) >= 11 is 0. The molecule has 0 saturated carbocycles. The second kappa shape index (κ2) is 2.31. The molecule has 1 heterocycles. The molecule has 3 heteroatoms. The van der Waals surface area contributed by atoms with Gasteiger partial charge in [0.15, 0.2) is 0 Å². The van der Waals surface area contributed by atoms with E-state index in [1.54, 1.807) is 12.3 Å². The molecular weight excluding hydrogens is 119 g/mol. The predicted molar refractivity (Wildman–Crippen MR) is 30.3 cm³/mol. The molecule has 1 aromatic rings. The van der Waals surface area contributed by atoms with Crippen molar-refractivity contribution in [1.82, 2.24) is 4.98 Å². The number of nitrogens with one attached hydrogen (secondary N) is 1. The van der Waals surface area contributed by atoms with Crippen LogP contribution >= 0.6 is 0 Å². The quantitative estimate of drug-likeness (QED) is 0.603. The van der Waals surface area contributed by atoms with E-state index in [2.05, 4.69) is 4.98 Å². The molecule has 0 aliphatic carbocycles. The molecular formula is C6H5FN2. The van der Waals surface area contributed by atoms with Crippen LogP contribution in [0.5, 0.6) is 0 Å². The van der Waals surface area contributed by atoms with Gasteiger partial charge in [-0.2, -0.15) is 5.26 Å². The first kappa shape index (κ1) is 5.83. The first-order valence-electron chi connectivity index (χ1n) is 2.51. The van der Waals surface area contributed by atoms with Gasteiger partial charge in [0.25, 0.3) is 0 Å². The summed E-state index contributed by atoms with van der Waals surface area (Å²) in [4.78, 5) is 2.61. The highest BCUT2D eigenvalue weighted by molar-refractivity contribution is 5.32. The van der Waals surface area contributed by atoms with Gasteiger partial charge in [-0.15, -0.1) is 0 Å². The zero-order valence-corrected chi connectivity index (χ0v) is 4.69. The third-order valence-electron chi connectivity index (χ3n) is 1.09. The van der Waals surface area contributed by atoms with E-state index in [4.69, 9.17) is 5.26 Å². The molecule has 0 spiro atoms. The van der Waals surface area contributed by atoms with Crippen LogP contribution in [0.3, 0.4) is 0 Å². The van der Waals surface area contributed by atoms with Crippen molar-refractivity contribution >= 4 is 0 Å². The van der Waals surface area contributed by atoms with Crippen LogP contribution in [0.15, 0.2) is 12.3 Å². The Morgan fingerprint density at radius 2 is 2.56 bits per heavy atom. The molecule has 0 aromatic carbocycles. The maximum absolute atomic E-state index is 11.8. The Hall–Kier alpha value is -1.30. The highest BCUT2D eigenvalue weighted by atomic mass is 19.1. The second-order valence-corrected chi connectivity index (χ2v) is 1.62. The smallest absolute Gasteiger partial charge is 0.131 e. The number of halogens is 1. The molecule has 1 N–H and O–H groups in total. The van der Waals surface area contributed by atoms with E-state index in [0.717, 1.165) is 0 Å². The van der Waals surface area contributed by atoms with Crippen LogP contribution in [0.25, 0.3) is 0 Å². The molecule has 9 heavy (non-hydrogen) atoms. The van der Waals surface area contributed by atoms with E-state index >= 15 is 0 Å². The lowest BCUT2D eigenvalue weighted by Gasteiger charge is -1.84. The molecule has 0 bridgehead atoms. The minimum Gasteiger partial charge on any atom is -0.362 e. The van der Waals surface area contributed by atoms with E-state index in [-0.39, 0.29) is 0 Å². The summed E-state index contributed by atoms with van der Waals surface area (Å²) in [5.74, 6) is 0. The third-order valence-corrected chi connectivity index (χ3v) is 1.09. The van der Waals surface area contributed by atoms with Gasteiger partial charge in [0, 0.05) is 6.20 Å². The molecule has 0 radical (unpaired) electrons. The number of hydrogen-bond donors (Lipinski definition) is 1. The Kier molecular flexibility index (Phi) is 1.50. The van der Waals surface area contributed by atoms with Crippen molar-refractivity contribution in [2.75, 3.05) is 0 Å². The van der Waals surface area contributed by atoms with Gasteiger partial charge in [-0.25, -0.2) is 4.39 Å². The monoisotopic (exact) mass is 124 g/mol. The molecule has 0 fully saturated rings. The highest BCUT2D eigenvalue weighted by Gasteiger charge is 1.99. The Labute approximate surface area is 51.9 Å². The largest absolute Gasteiger partial charge is 0.362 e. The fourth-order valence-electron chi connectivity index (χ4n) is 0.619. The van der Waals surface area contributed by atoms with Crippen LogP contribution in [-0.4, -0.2) is 4.98 Å². The molecule has 1 rings (SSSR count). The molecule has 0 aliphatic rings. The summed E-state index contributed by atoms with van der Waals surface area (Å²) in [7, 11) is 0. The number of nitriles is 1. The van der Waals surface area contributed by atoms with Crippen molar-refractivity contribution in [1.29, 1.82) is 5.26 Å². The topological polar surface area (TPSA) is 39.6 Å². The number of H-pyrrole nitrogens is 1. The van der Waals surface area contributed by atoms with Gasteiger partial charge in [0.1, 0.15) is 12.7 Å².